The topological polar surface area (TPSA) is 24.5 Å². The van der Waals surface area contributed by atoms with Gasteiger partial charge in [-0.15, -0.1) is 0 Å². The van der Waals surface area contributed by atoms with Gasteiger partial charge in [0.2, 0.25) is 0 Å². The Morgan fingerprint density at radius 3 is 2.27 bits per heavy atom. The molecule has 0 radical (unpaired) electrons. The Balaban J connectivity index is 1.84. The van der Waals surface area contributed by atoms with Gasteiger partial charge in [0.1, 0.15) is 5.75 Å². The monoisotopic (exact) mass is 356 g/mol. The molecular weight excluding hydrogens is 320 g/mol. The zero-order chi connectivity index (χ0) is 18.6. The van der Waals surface area contributed by atoms with Crippen LogP contribution in [0.3, 0.4) is 0 Å². The molecule has 2 aromatic rings. The van der Waals surface area contributed by atoms with E-state index in [1.807, 2.05) is 0 Å². The molecule has 0 fully saturated rings. The predicted molar refractivity (Wildman–Crippen MR) is 113 cm³/mol. The van der Waals surface area contributed by atoms with Crippen LogP contribution in [-0.4, -0.2) is 38.2 Å². The minimum Gasteiger partial charge on any atom is -0.496 e. The lowest BCUT2D eigenvalue weighted by Gasteiger charge is -2.22. The van der Waals surface area contributed by atoms with Crippen LogP contribution in [0.5, 0.6) is 5.75 Å². The molecule has 3 nitrogen and oxygen atoms in total. The number of unbranched alkanes of at least 4 members (excludes halogenated alkanes) is 2. The van der Waals surface area contributed by atoms with Crippen LogP contribution in [-0.2, 0) is 6.54 Å². The number of rotatable bonds is 13. The number of hydrogen-bond acceptors (Lipinski definition) is 3. The Morgan fingerprint density at radius 2 is 1.58 bits per heavy atom. The number of ether oxygens (including phenoxy) is 1. The largest absolute Gasteiger partial charge is 0.496 e. The van der Waals surface area contributed by atoms with Crippen molar-refractivity contribution in [3.8, 4) is 5.75 Å². The average Bonchev–Trinajstić information content (AvgIpc) is 2.69. The van der Waals surface area contributed by atoms with E-state index in [0.717, 1.165) is 18.8 Å². The Morgan fingerprint density at radius 1 is 0.885 bits per heavy atom. The maximum atomic E-state index is 5.59. The van der Waals surface area contributed by atoms with E-state index in [0.29, 0.717) is 0 Å². The summed E-state index contributed by atoms with van der Waals surface area (Å²) >= 11 is 0. The summed E-state index contributed by atoms with van der Waals surface area (Å²) in [6.45, 7) is 10.1. The van der Waals surface area contributed by atoms with E-state index in [1.54, 1.807) is 7.11 Å². The fourth-order valence-corrected chi connectivity index (χ4v) is 3.43. The molecule has 0 aromatic heterocycles. The third-order valence-corrected chi connectivity index (χ3v) is 5.00. The second-order valence-corrected chi connectivity index (χ2v) is 7.05. The quantitative estimate of drug-likeness (QED) is 0.497. The molecule has 0 atom stereocenters. The fourth-order valence-electron chi connectivity index (χ4n) is 3.43. The lowest BCUT2D eigenvalue weighted by molar-refractivity contribution is 0.261. The van der Waals surface area contributed by atoms with Gasteiger partial charge in [-0.05, 0) is 62.3 Å². The van der Waals surface area contributed by atoms with Crippen molar-refractivity contribution in [3.63, 3.8) is 0 Å². The normalized spacial score (nSPS) is 11.4. The number of benzene rings is 2. The van der Waals surface area contributed by atoms with Gasteiger partial charge in [-0.2, -0.15) is 0 Å². The van der Waals surface area contributed by atoms with Crippen LogP contribution in [0.25, 0.3) is 10.8 Å². The van der Waals surface area contributed by atoms with E-state index in [4.69, 9.17) is 4.74 Å². The second-order valence-electron chi connectivity index (χ2n) is 7.05. The van der Waals surface area contributed by atoms with Gasteiger partial charge in [-0.1, -0.05) is 57.0 Å². The van der Waals surface area contributed by atoms with Crippen molar-refractivity contribution in [2.75, 3.05) is 33.3 Å². The molecule has 0 aliphatic carbocycles. The fraction of sp³-hybridized carbons (Fsp3) is 0.565. The van der Waals surface area contributed by atoms with E-state index >= 15 is 0 Å². The first-order chi connectivity index (χ1) is 12.8. The zero-order valence-corrected chi connectivity index (χ0v) is 16.9. The van der Waals surface area contributed by atoms with Crippen LogP contribution >= 0.6 is 0 Å². The second kappa shape index (κ2) is 11.9. The number of hydrogen-bond donors (Lipinski definition) is 1. The molecule has 0 saturated heterocycles. The van der Waals surface area contributed by atoms with Crippen LogP contribution in [0.15, 0.2) is 36.4 Å². The molecule has 144 valence electrons. The third-order valence-electron chi connectivity index (χ3n) is 5.00. The van der Waals surface area contributed by atoms with Gasteiger partial charge in [0.25, 0.3) is 0 Å². The zero-order valence-electron chi connectivity index (χ0n) is 16.9. The van der Waals surface area contributed by atoms with Crippen molar-refractivity contribution in [1.82, 2.24) is 10.2 Å². The molecule has 0 bridgehead atoms. The molecule has 2 rings (SSSR count). The highest BCUT2D eigenvalue weighted by Crippen LogP contribution is 2.27. The van der Waals surface area contributed by atoms with Gasteiger partial charge in [-0.25, -0.2) is 0 Å². The van der Waals surface area contributed by atoms with Crippen LogP contribution in [0.2, 0.25) is 0 Å². The van der Waals surface area contributed by atoms with Gasteiger partial charge in [0, 0.05) is 12.1 Å². The molecule has 0 amide bonds. The Bertz CT molecular complexity index is 633. The van der Waals surface area contributed by atoms with Crippen molar-refractivity contribution in [3.05, 3.63) is 42.0 Å². The van der Waals surface area contributed by atoms with Crippen LogP contribution in [0.1, 0.15) is 51.5 Å². The van der Waals surface area contributed by atoms with Crippen LogP contribution < -0.4 is 10.1 Å². The molecule has 0 aliphatic rings. The highest BCUT2D eigenvalue weighted by atomic mass is 16.5. The lowest BCUT2D eigenvalue weighted by atomic mass is 10.0. The van der Waals surface area contributed by atoms with E-state index in [-0.39, 0.29) is 0 Å². The third kappa shape index (κ3) is 6.30. The highest BCUT2D eigenvalue weighted by molar-refractivity contribution is 5.87. The highest BCUT2D eigenvalue weighted by Gasteiger charge is 2.08. The summed E-state index contributed by atoms with van der Waals surface area (Å²) in [5, 5.41) is 6.19. The minimum atomic E-state index is 0.856. The Kier molecular flexibility index (Phi) is 9.51. The van der Waals surface area contributed by atoms with Gasteiger partial charge in [0.15, 0.2) is 0 Å². The van der Waals surface area contributed by atoms with Crippen LogP contribution in [0, 0.1) is 0 Å². The predicted octanol–water partition coefficient (Wildman–Crippen LogP) is 5.23. The summed E-state index contributed by atoms with van der Waals surface area (Å²) in [4.78, 5) is 2.63. The Labute approximate surface area is 159 Å². The van der Waals surface area contributed by atoms with Gasteiger partial charge >= 0.3 is 0 Å². The standard InChI is InChI=1S/C23H36N2O/c1-4-6-16-25(17-7-5-2)18-10-15-24-19-22-21-12-9-8-11-20(21)13-14-23(22)26-3/h8-9,11-14,24H,4-7,10,15-19H2,1-3H3. The smallest absolute Gasteiger partial charge is 0.123 e. The summed E-state index contributed by atoms with van der Waals surface area (Å²) < 4.78 is 5.59. The molecule has 2 aromatic carbocycles. The minimum absolute atomic E-state index is 0.856. The van der Waals surface area contributed by atoms with Gasteiger partial charge in [0.05, 0.1) is 7.11 Å². The molecule has 1 N–H and O–H groups in total. The maximum Gasteiger partial charge on any atom is 0.123 e. The molecular formula is C23H36N2O. The lowest BCUT2D eigenvalue weighted by Crippen LogP contribution is -2.29. The molecule has 0 saturated carbocycles. The summed E-state index contributed by atoms with van der Waals surface area (Å²) in [6, 6.07) is 12.8. The van der Waals surface area contributed by atoms with Crippen molar-refractivity contribution in [2.45, 2.75) is 52.5 Å². The molecule has 0 aliphatic heterocycles. The number of nitrogens with zero attached hydrogens (tertiary/aromatic N) is 1. The van der Waals surface area contributed by atoms with Gasteiger partial charge < -0.3 is 15.0 Å². The average molecular weight is 357 g/mol. The van der Waals surface area contributed by atoms with Crippen molar-refractivity contribution in [2.24, 2.45) is 0 Å². The maximum absolute atomic E-state index is 5.59. The van der Waals surface area contributed by atoms with E-state index in [9.17, 15) is 0 Å². The molecule has 26 heavy (non-hydrogen) atoms. The summed E-state index contributed by atoms with van der Waals surface area (Å²) in [5.74, 6) is 0.976. The first-order valence-electron chi connectivity index (χ1n) is 10.3. The van der Waals surface area contributed by atoms with Crippen LogP contribution in [0.4, 0.5) is 0 Å². The van der Waals surface area contributed by atoms with Crippen molar-refractivity contribution in [1.29, 1.82) is 0 Å². The summed E-state index contributed by atoms with van der Waals surface area (Å²) in [7, 11) is 1.76. The Hall–Kier alpha value is -1.58. The summed E-state index contributed by atoms with van der Waals surface area (Å²) in [6.07, 6.45) is 6.37. The molecule has 0 spiro atoms. The molecule has 0 heterocycles. The van der Waals surface area contributed by atoms with E-state index < -0.39 is 0 Å². The number of methoxy groups -OCH3 is 1. The number of nitrogens with one attached hydrogen (secondary N) is 1. The van der Waals surface area contributed by atoms with Crippen molar-refractivity contribution >= 4 is 10.8 Å². The first kappa shape index (κ1) is 20.7. The first-order valence-corrected chi connectivity index (χ1v) is 10.3. The van der Waals surface area contributed by atoms with E-state index in [1.165, 1.54) is 68.1 Å². The number of fused-ring (bicyclic) bond motifs is 1. The van der Waals surface area contributed by atoms with Gasteiger partial charge in [-0.3, -0.25) is 0 Å². The SMILES string of the molecule is CCCCN(CCCC)CCCNCc1c(OC)ccc2ccccc12. The van der Waals surface area contributed by atoms with Crippen molar-refractivity contribution < 1.29 is 4.74 Å². The molecule has 3 heteroatoms. The summed E-state index contributed by atoms with van der Waals surface area (Å²) in [5.41, 5.74) is 1.26. The van der Waals surface area contributed by atoms with E-state index in [2.05, 4.69) is 60.5 Å². The molecule has 0 unspecified atom stereocenters.